The minimum Gasteiger partial charge on any atom is -0.468 e. The van der Waals surface area contributed by atoms with Gasteiger partial charge in [0.1, 0.15) is 5.76 Å². The molecule has 0 aliphatic carbocycles. The molecule has 3 rings (SSSR count). The summed E-state index contributed by atoms with van der Waals surface area (Å²) < 4.78 is 33.2. The zero-order valence-corrected chi connectivity index (χ0v) is 14.9. The van der Waals surface area contributed by atoms with E-state index in [1.807, 2.05) is 6.07 Å². The Morgan fingerprint density at radius 2 is 2.18 bits per heavy atom. The molecule has 1 atom stereocenters. The number of hydrogen-bond donors (Lipinski definition) is 0. The molecule has 7 heteroatoms. The fraction of sp³-hybridized carbons (Fsp3) is 0.333. The van der Waals surface area contributed by atoms with Crippen molar-refractivity contribution in [3.05, 3.63) is 57.4 Å². The number of hydrogen-bond acceptors (Lipinski definition) is 3. The fourth-order valence-corrected chi connectivity index (χ4v) is 5.58. The highest BCUT2D eigenvalue weighted by Gasteiger charge is 2.36. The number of nitrogens with zero attached hydrogens (tertiary/aromatic N) is 1. The van der Waals surface area contributed by atoms with Gasteiger partial charge in [-0.15, -0.1) is 0 Å². The van der Waals surface area contributed by atoms with Gasteiger partial charge in [-0.3, -0.25) is 0 Å². The Kier molecular flexibility index (Phi) is 4.64. The zero-order valence-electron chi connectivity index (χ0n) is 11.7. The van der Waals surface area contributed by atoms with Gasteiger partial charge in [-0.05, 0) is 42.7 Å². The Morgan fingerprint density at radius 1 is 1.36 bits per heavy atom. The van der Waals surface area contributed by atoms with Gasteiger partial charge in [0, 0.05) is 16.0 Å². The lowest BCUT2D eigenvalue weighted by Crippen LogP contribution is -2.31. The lowest BCUT2D eigenvalue weighted by atomic mass is 10.2. The predicted molar refractivity (Wildman–Crippen MR) is 89.2 cm³/mol. The summed E-state index contributed by atoms with van der Waals surface area (Å²) in [6, 6.07) is 8.56. The Bertz CT molecular complexity index is 761. The maximum Gasteiger partial charge on any atom is 0.218 e. The highest BCUT2D eigenvalue weighted by Crippen LogP contribution is 2.36. The maximum atomic E-state index is 12.8. The van der Waals surface area contributed by atoms with E-state index in [0.29, 0.717) is 27.4 Å². The van der Waals surface area contributed by atoms with E-state index >= 15 is 0 Å². The molecule has 4 nitrogen and oxygen atoms in total. The number of rotatable bonds is 4. The van der Waals surface area contributed by atoms with Crippen molar-refractivity contribution in [1.82, 2.24) is 4.31 Å². The summed E-state index contributed by atoms with van der Waals surface area (Å²) >= 11 is 9.28. The van der Waals surface area contributed by atoms with Gasteiger partial charge < -0.3 is 4.42 Å². The molecule has 0 radical (unpaired) electrons. The van der Waals surface area contributed by atoms with E-state index in [1.54, 1.807) is 34.8 Å². The third-order valence-electron chi connectivity index (χ3n) is 3.79. The van der Waals surface area contributed by atoms with Gasteiger partial charge in [0.2, 0.25) is 10.0 Å². The molecule has 0 unspecified atom stereocenters. The SMILES string of the molecule is O=S(=O)(Cc1ccc(Cl)cc1Br)N1CCC[C@@H]1c1ccco1. The molecule has 1 saturated heterocycles. The number of benzene rings is 1. The van der Waals surface area contributed by atoms with Crippen LogP contribution in [-0.2, 0) is 15.8 Å². The Balaban J connectivity index is 1.86. The molecule has 1 aromatic carbocycles. The summed E-state index contributed by atoms with van der Waals surface area (Å²) in [4.78, 5) is 0. The molecule has 0 amide bonds. The van der Waals surface area contributed by atoms with E-state index in [-0.39, 0.29) is 11.8 Å². The van der Waals surface area contributed by atoms with Crippen LogP contribution in [0.3, 0.4) is 0 Å². The molecule has 2 heterocycles. The monoisotopic (exact) mass is 403 g/mol. The highest BCUT2D eigenvalue weighted by atomic mass is 79.9. The van der Waals surface area contributed by atoms with Crippen LogP contribution in [0.25, 0.3) is 0 Å². The topological polar surface area (TPSA) is 50.5 Å². The van der Waals surface area contributed by atoms with Crippen LogP contribution in [0.15, 0.2) is 45.5 Å². The van der Waals surface area contributed by atoms with Crippen LogP contribution < -0.4 is 0 Å². The van der Waals surface area contributed by atoms with Crippen LogP contribution in [0, 0.1) is 0 Å². The third kappa shape index (κ3) is 3.25. The van der Waals surface area contributed by atoms with Crippen molar-refractivity contribution in [2.24, 2.45) is 0 Å². The lowest BCUT2D eigenvalue weighted by Gasteiger charge is -2.22. The maximum absolute atomic E-state index is 12.8. The van der Waals surface area contributed by atoms with Crippen LogP contribution in [0.2, 0.25) is 5.02 Å². The van der Waals surface area contributed by atoms with Crippen molar-refractivity contribution in [2.75, 3.05) is 6.54 Å². The van der Waals surface area contributed by atoms with E-state index in [9.17, 15) is 8.42 Å². The molecule has 0 bridgehead atoms. The van der Waals surface area contributed by atoms with Crippen LogP contribution in [0.1, 0.15) is 30.2 Å². The molecular formula is C15H15BrClNO3S. The number of sulfonamides is 1. The normalized spacial score (nSPS) is 19.6. The first kappa shape index (κ1) is 16.1. The summed E-state index contributed by atoms with van der Waals surface area (Å²) in [5.41, 5.74) is 0.703. The van der Waals surface area contributed by atoms with E-state index in [4.69, 9.17) is 16.0 Å². The van der Waals surface area contributed by atoms with Gasteiger partial charge in [-0.1, -0.05) is 33.6 Å². The molecule has 0 N–H and O–H groups in total. The lowest BCUT2D eigenvalue weighted by molar-refractivity contribution is 0.339. The summed E-state index contributed by atoms with van der Waals surface area (Å²) in [7, 11) is -3.42. The molecule has 2 aromatic rings. The standard InChI is InChI=1S/C15H15BrClNO3S/c16-13-9-12(17)6-5-11(13)10-22(19,20)18-7-1-3-14(18)15-4-2-8-21-15/h2,4-6,8-9,14H,1,3,7,10H2/t14-/m1/s1. The van der Waals surface area contributed by atoms with Crippen molar-refractivity contribution < 1.29 is 12.8 Å². The van der Waals surface area contributed by atoms with E-state index in [2.05, 4.69) is 15.9 Å². The second-order valence-corrected chi connectivity index (χ2v) is 8.49. The smallest absolute Gasteiger partial charge is 0.218 e. The van der Waals surface area contributed by atoms with Crippen LogP contribution in [-0.4, -0.2) is 19.3 Å². The summed E-state index contributed by atoms with van der Waals surface area (Å²) in [5, 5.41) is 0.572. The van der Waals surface area contributed by atoms with Crippen molar-refractivity contribution >= 4 is 37.6 Å². The van der Waals surface area contributed by atoms with Crippen molar-refractivity contribution in [1.29, 1.82) is 0 Å². The first-order valence-electron chi connectivity index (χ1n) is 6.94. The molecule has 22 heavy (non-hydrogen) atoms. The van der Waals surface area contributed by atoms with Gasteiger partial charge in [0.05, 0.1) is 18.1 Å². The first-order valence-corrected chi connectivity index (χ1v) is 9.72. The number of furan rings is 1. The van der Waals surface area contributed by atoms with Crippen LogP contribution >= 0.6 is 27.5 Å². The van der Waals surface area contributed by atoms with E-state index < -0.39 is 10.0 Å². The van der Waals surface area contributed by atoms with Crippen LogP contribution in [0.5, 0.6) is 0 Å². The summed E-state index contributed by atoms with van der Waals surface area (Å²) in [6.45, 7) is 0.527. The minimum absolute atomic E-state index is 0.0536. The van der Waals surface area contributed by atoms with Crippen molar-refractivity contribution in [3.63, 3.8) is 0 Å². The molecule has 0 saturated carbocycles. The fourth-order valence-electron chi connectivity index (χ4n) is 2.76. The van der Waals surface area contributed by atoms with Crippen molar-refractivity contribution in [3.8, 4) is 0 Å². The van der Waals surface area contributed by atoms with Crippen molar-refractivity contribution in [2.45, 2.75) is 24.6 Å². The zero-order chi connectivity index (χ0) is 15.7. The first-order chi connectivity index (χ1) is 10.5. The Hall–Kier alpha value is -0.820. The van der Waals surface area contributed by atoms with Gasteiger partial charge in [-0.25, -0.2) is 8.42 Å². The average molecular weight is 405 g/mol. The molecular weight excluding hydrogens is 390 g/mol. The Labute approximate surface area is 143 Å². The minimum atomic E-state index is -3.42. The summed E-state index contributed by atoms with van der Waals surface area (Å²) in [6.07, 6.45) is 3.20. The molecule has 1 aromatic heterocycles. The molecule has 1 aliphatic rings. The average Bonchev–Trinajstić information content (AvgIpc) is 3.11. The molecule has 0 spiro atoms. The van der Waals surface area contributed by atoms with Gasteiger partial charge in [-0.2, -0.15) is 4.31 Å². The number of halogens is 2. The second-order valence-electron chi connectivity index (χ2n) is 5.28. The summed E-state index contributed by atoms with van der Waals surface area (Å²) in [5.74, 6) is 0.651. The second kappa shape index (κ2) is 6.35. The van der Waals surface area contributed by atoms with E-state index in [1.165, 1.54) is 0 Å². The van der Waals surface area contributed by atoms with E-state index in [0.717, 1.165) is 12.8 Å². The third-order valence-corrected chi connectivity index (χ3v) is 6.59. The van der Waals surface area contributed by atoms with Gasteiger partial charge >= 0.3 is 0 Å². The largest absolute Gasteiger partial charge is 0.468 e. The quantitative estimate of drug-likeness (QED) is 0.760. The molecule has 1 fully saturated rings. The predicted octanol–water partition coefficient (Wildman–Crippen LogP) is 4.36. The van der Waals surface area contributed by atoms with Crippen LogP contribution in [0.4, 0.5) is 0 Å². The molecule has 118 valence electrons. The Morgan fingerprint density at radius 3 is 2.86 bits per heavy atom. The van der Waals surface area contributed by atoms with Gasteiger partial charge in [0.25, 0.3) is 0 Å². The van der Waals surface area contributed by atoms with Gasteiger partial charge in [0.15, 0.2) is 0 Å². The molecule has 1 aliphatic heterocycles. The highest BCUT2D eigenvalue weighted by molar-refractivity contribution is 9.10.